The summed E-state index contributed by atoms with van der Waals surface area (Å²) in [6.45, 7) is 0. The third-order valence-corrected chi connectivity index (χ3v) is 11.8. The standard InChI is InChI=1S/C54H36/c1-2-12-42-39(10-1)11-9-19-49(42)54-50-18-8-7-17-47(50)53-34-41(29-31-51(53)54)38-26-22-36(23-27-38)32-35-20-24-37(25-21-35)40-28-30-48-45-15-4-3-13-43(45)44-14-5-6-16-46(44)52(48)33-40/h1-31,33-34,54H,32H2. The fraction of sp³-hybridized carbons (Fsp3) is 0.0370. The number of hydrogen-bond acceptors (Lipinski definition) is 0. The van der Waals surface area contributed by atoms with Crippen LogP contribution in [0.3, 0.4) is 0 Å². The van der Waals surface area contributed by atoms with Gasteiger partial charge in [-0.15, -0.1) is 0 Å². The summed E-state index contributed by atoms with van der Waals surface area (Å²) in [5, 5.41) is 10.5. The molecule has 10 aromatic carbocycles. The van der Waals surface area contributed by atoms with Crippen molar-refractivity contribution in [2.45, 2.75) is 12.3 Å². The minimum absolute atomic E-state index is 0.228. The van der Waals surface area contributed by atoms with Crippen LogP contribution in [0.4, 0.5) is 0 Å². The molecule has 0 nitrogen and oxygen atoms in total. The van der Waals surface area contributed by atoms with Crippen molar-refractivity contribution in [3.05, 3.63) is 228 Å². The van der Waals surface area contributed by atoms with Crippen molar-refractivity contribution in [3.63, 3.8) is 0 Å². The summed E-state index contributed by atoms with van der Waals surface area (Å²) in [4.78, 5) is 0. The minimum Gasteiger partial charge on any atom is -0.0619 e. The quantitative estimate of drug-likeness (QED) is 0.158. The van der Waals surface area contributed by atoms with Crippen molar-refractivity contribution in [1.82, 2.24) is 0 Å². The van der Waals surface area contributed by atoms with E-state index in [1.807, 2.05) is 0 Å². The van der Waals surface area contributed by atoms with E-state index in [4.69, 9.17) is 0 Å². The van der Waals surface area contributed by atoms with Gasteiger partial charge in [0.2, 0.25) is 0 Å². The van der Waals surface area contributed by atoms with Gasteiger partial charge in [-0.1, -0.05) is 188 Å². The Bertz CT molecular complexity index is 3010. The van der Waals surface area contributed by atoms with Crippen LogP contribution in [0.5, 0.6) is 0 Å². The van der Waals surface area contributed by atoms with Gasteiger partial charge in [0.15, 0.2) is 0 Å². The van der Waals surface area contributed by atoms with Crippen LogP contribution in [0, 0.1) is 0 Å². The highest BCUT2D eigenvalue weighted by Gasteiger charge is 2.31. The number of rotatable bonds is 5. The average molecular weight is 685 g/mol. The van der Waals surface area contributed by atoms with Gasteiger partial charge < -0.3 is 0 Å². The Morgan fingerprint density at radius 1 is 0.278 bits per heavy atom. The highest BCUT2D eigenvalue weighted by molar-refractivity contribution is 6.25. The van der Waals surface area contributed by atoms with Crippen LogP contribution >= 0.6 is 0 Å². The molecule has 0 aliphatic heterocycles. The first-order valence-electron chi connectivity index (χ1n) is 19.0. The summed E-state index contributed by atoms with van der Waals surface area (Å²) in [6, 6.07) is 74.4. The van der Waals surface area contributed by atoms with Crippen molar-refractivity contribution >= 4 is 43.1 Å². The van der Waals surface area contributed by atoms with Gasteiger partial charge in [0.1, 0.15) is 0 Å². The topological polar surface area (TPSA) is 0 Å². The zero-order valence-corrected chi connectivity index (χ0v) is 29.8. The van der Waals surface area contributed by atoms with Crippen LogP contribution in [-0.4, -0.2) is 0 Å². The molecule has 0 fully saturated rings. The van der Waals surface area contributed by atoms with E-state index in [9.17, 15) is 0 Å². The molecule has 1 aliphatic rings. The normalized spacial score (nSPS) is 13.4. The van der Waals surface area contributed by atoms with Gasteiger partial charge in [0.05, 0.1) is 0 Å². The number of fused-ring (bicyclic) bond motifs is 10. The summed E-state index contributed by atoms with van der Waals surface area (Å²) in [5.74, 6) is 0.228. The highest BCUT2D eigenvalue weighted by Crippen LogP contribution is 2.50. The maximum atomic E-state index is 2.41. The summed E-state index contributed by atoms with van der Waals surface area (Å²) < 4.78 is 0. The Morgan fingerprint density at radius 2 is 0.741 bits per heavy atom. The summed E-state index contributed by atoms with van der Waals surface area (Å²) in [6.07, 6.45) is 0.902. The monoisotopic (exact) mass is 684 g/mol. The first-order valence-corrected chi connectivity index (χ1v) is 19.0. The number of hydrogen-bond donors (Lipinski definition) is 0. The largest absolute Gasteiger partial charge is 0.0619 e. The van der Waals surface area contributed by atoms with E-state index in [1.165, 1.54) is 104 Å². The van der Waals surface area contributed by atoms with Gasteiger partial charge >= 0.3 is 0 Å². The lowest BCUT2D eigenvalue weighted by Gasteiger charge is -2.17. The van der Waals surface area contributed by atoms with Gasteiger partial charge in [-0.3, -0.25) is 0 Å². The average Bonchev–Trinajstić information content (AvgIpc) is 3.57. The zero-order chi connectivity index (χ0) is 35.6. The van der Waals surface area contributed by atoms with Crippen molar-refractivity contribution in [3.8, 4) is 33.4 Å². The first-order chi connectivity index (χ1) is 26.8. The molecule has 0 aromatic heterocycles. The van der Waals surface area contributed by atoms with E-state index >= 15 is 0 Å². The van der Waals surface area contributed by atoms with E-state index in [-0.39, 0.29) is 5.92 Å². The lowest BCUT2D eigenvalue weighted by atomic mass is 9.86. The van der Waals surface area contributed by atoms with Crippen LogP contribution in [0.15, 0.2) is 200 Å². The van der Waals surface area contributed by atoms with E-state index in [0.717, 1.165) is 6.42 Å². The van der Waals surface area contributed by atoms with Crippen molar-refractivity contribution in [2.75, 3.05) is 0 Å². The summed E-state index contributed by atoms with van der Waals surface area (Å²) >= 11 is 0. The molecule has 10 aromatic rings. The molecule has 1 unspecified atom stereocenters. The Morgan fingerprint density at radius 3 is 1.43 bits per heavy atom. The molecule has 0 N–H and O–H groups in total. The molecular formula is C54H36. The molecule has 0 amide bonds. The SMILES string of the molecule is c1ccc2c(c1)-c1cc(-c3ccc(Cc4ccc(-c5ccc6c7ccccc7c7ccccc7c6c5)cc4)cc3)ccc1C2c1cccc2ccccc12. The Kier molecular flexibility index (Phi) is 7.10. The van der Waals surface area contributed by atoms with Crippen molar-refractivity contribution in [1.29, 1.82) is 0 Å². The van der Waals surface area contributed by atoms with Crippen LogP contribution in [0.1, 0.15) is 33.7 Å². The molecule has 0 heteroatoms. The molecule has 54 heavy (non-hydrogen) atoms. The molecule has 11 rings (SSSR count). The Labute approximate surface area is 315 Å². The molecule has 1 aliphatic carbocycles. The second-order valence-electron chi connectivity index (χ2n) is 14.8. The van der Waals surface area contributed by atoms with Crippen LogP contribution in [0.2, 0.25) is 0 Å². The molecule has 0 bridgehead atoms. The molecule has 0 saturated heterocycles. The zero-order valence-electron chi connectivity index (χ0n) is 29.8. The third-order valence-electron chi connectivity index (χ3n) is 11.8. The number of benzene rings is 10. The van der Waals surface area contributed by atoms with Crippen LogP contribution < -0.4 is 0 Å². The highest BCUT2D eigenvalue weighted by atomic mass is 14.3. The van der Waals surface area contributed by atoms with Crippen molar-refractivity contribution in [2.24, 2.45) is 0 Å². The minimum atomic E-state index is 0.228. The van der Waals surface area contributed by atoms with Gasteiger partial charge in [-0.05, 0) is 123 Å². The fourth-order valence-electron chi connectivity index (χ4n) is 9.17. The fourth-order valence-corrected chi connectivity index (χ4v) is 9.17. The Hall–Kier alpha value is -6.76. The molecular weight excluding hydrogens is 649 g/mol. The smallest absolute Gasteiger partial charge is 0.0358 e. The lowest BCUT2D eigenvalue weighted by molar-refractivity contribution is 1.03. The van der Waals surface area contributed by atoms with Gasteiger partial charge in [0.25, 0.3) is 0 Å². The van der Waals surface area contributed by atoms with E-state index in [1.54, 1.807) is 0 Å². The van der Waals surface area contributed by atoms with Crippen LogP contribution in [0.25, 0.3) is 76.5 Å². The summed E-state index contributed by atoms with van der Waals surface area (Å²) in [7, 11) is 0. The van der Waals surface area contributed by atoms with Crippen molar-refractivity contribution < 1.29 is 0 Å². The van der Waals surface area contributed by atoms with Gasteiger partial charge in [0, 0.05) is 5.92 Å². The van der Waals surface area contributed by atoms with E-state index in [2.05, 4.69) is 200 Å². The van der Waals surface area contributed by atoms with E-state index < -0.39 is 0 Å². The third kappa shape index (κ3) is 4.99. The molecule has 0 radical (unpaired) electrons. The molecule has 0 spiro atoms. The second kappa shape index (κ2) is 12.4. The summed E-state index contributed by atoms with van der Waals surface area (Å²) in [5.41, 5.74) is 14.5. The molecule has 252 valence electrons. The maximum Gasteiger partial charge on any atom is 0.0358 e. The lowest BCUT2D eigenvalue weighted by Crippen LogP contribution is -2.00. The Balaban J connectivity index is 0.866. The van der Waals surface area contributed by atoms with Gasteiger partial charge in [-0.25, -0.2) is 0 Å². The van der Waals surface area contributed by atoms with E-state index in [0.29, 0.717) is 0 Å². The predicted molar refractivity (Wildman–Crippen MR) is 229 cm³/mol. The molecule has 0 heterocycles. The molecule has 0 saturated carbocycles. The molecule has 1 atom stereocenters. The first kappa shape index (κ1) is 30.8. The second-order valence-corrected chi connectivity index (χ2v) is 14.8. The van der Waals surface area contributed by atoms with Crippen LogP contribution in [-0.2, 0) is 6.42 Å². The van der Waals surface area contributed by atoms with Gasteiger partial charge in [-0.2, -0.15) is 0 Å². The maximum absolute atomic E-state index is 2.41. The predicted octanol–water partition coefficient (Wildman–Crippen LogP) is 14.4.